The van der Waals surface area contributed by atoms with E-state index in [9.17, 15) is 4.79 Å². The average Bonchev–Trinajstić information content (AvgIpc) is 1.78. The zero-order valence-electron chi connectivity index (χ0n) is 7.52. The Labute approximate surface area is 67.9 Å². The van der Waals surface area contributed by atoms with Crippen LogP contribution < -0.4 is 5.73 Å². The fourth-order valence-electron chi connectivity index (χ4n) is 0.744. The molecule has 0 aromatic carbocycles. The highest BCUT2D eigenvalue weighted by Gasteiger charge is 2.09. The number of hydrogen-bond donors (Lipinski definition) is 1. The van der Waals surface area contributed by atoms with Gasteiger partial charge in [0.2, 0.25) is 0 Å². The van der Waals surface area contributed by atoms with Crippen molar-refractivity contribution < 1.29 is 9.53 Å². The van der Waals surface area contributed by atoms with Crippen LogP contribution in [-0.2, 0) is 9.53 Å². The molecule has 0 unspecified atom stereocenters. The molecule has 0 saturated heterocycles. The van der Waals surface area contributed by atoms with E-state index >= 15 is 0 Å². The molecule has 0 aliphatic carbocycles. The van der Waals surface area contributed by atoms with Crippen LogP contribution in [0.15, 0.2) is 0 Å². The minimum absolute atomic E-state index is 0.153. The molecule has 0 fully saturated rings. The highest BCUT2D eigenvalue weighted by Crippen LogP contribution is 2.06. The molecule has 3 nitrogen and oxygen atoms in total. The molecule has 0 aromatic rings. The second-order valence-corrected chi connectivity index (χ2v) is 3.43. The Kier molecular flexibility index (Phi) is 4.11. The van der Waals surface area contributed by atoms with Crippen LogP contribution in [0.5, 0.6) is 0 Å². The van der Waals surface area contributed by atoms with Gasteiger partial charge in [-0.15, -0.1) is 0 Å². The van der Waals surface area contributed by atoms with E-state index in [1.54, 1.807) is 0 Å². The molecule has 0 amide bonds. The van der Waals surface area contributed by atoms with E-state index in [0.29, 0.717) is 6.61 Å². The van der Waals surface area contributed by atoms with Crippen LogP contribution in [0.3, 0.4) is 0 Å². The Morgan fingerprint density at radius 3 is 2.45 bits per heavy atom. The fraction of sp³-hybridized carbons (Fsp3) is 0.875. The van der Waals surface area contributed by atoms with Crippen molar-refractivity contribution >= 4 is 5.97 Å². The van der Waals surface area contributed by atoms with Crippen molar-refractivity contribution in [2.75, 3.05) is 6.61 Å². The molecule has 2 N–H and O–H groups in total. The summed E-state index contributed by atoms with van der Waals surface area (Å²) in [6.07, 6.45) is 1.71. The minimum Gasteiger partial charge on any atom is -0.466 e. The molecule has 0 aliphatic rings. The third-order valence-electron chi connectivity index (χ3n) is 1.27. The quantitative estimate of drug-likeness (QED) is 0.493. The van der Waals surface area contributed by atoms with Crippen LogP contribution in [0.2, 0.25) is 0 Å². The predicted octanol–water partition coefficient (Wildman–Crippen LogP) is 1.07. The number of rotatable bonds is 4. The molecule has 0 saturated carbocycles. The van der Waals surface area contributed by atoms with E-state index in [1.165, 1.54) is 6.92 Å². The molecule has 0 rings (SSSR count). The molecule has 0 aliphatic heterocycles. The first kappa shape index (κ1) is 10.4. The van der Waals surface area contributed by atoms with Crippen molar-refractivity contribution in [3.63, 3.8) is 0 Å². The number of carbonyl (C=O) groups is 1. The van der Waals surface area contributed by atoms with Crippen LogP contribution >= 0.6 is 0 Å². The summed E-state index contributed by atoms with van der Waals surface area (Å²) >= 11 is 0. The maximum atomic E-state index is 10.3. The third-order valence-corrected chi connectivity index (χ3v) is 1.27. The lowest BCUT2D eigenvalue weighted by molar-refractivity contribution is -0.141. The average molecular weight is 159 g/mol. The van der Waals surface area contributed by atoms with Crippen molar-refractivity contribution in [2.45, 2.75) is 39.2 Å². The Morgan fingerprint density at radius 2 is 2.09 bits per heavy atom. The summed E-state index contributed by atoms with van der Waals surface area (Å²) in [4.78, 5) is 10.3. The van der Waals surface area contributed by atoms with Gasteiger partial charge in [-0.25, -0.2) is 0 Å². The molecule has 0 bridgehead atoms. The Morgan fingerprint density at radius 1 is 1.55 bits per heavy atom. The molecule has 3 heteroatoms. The lowest BCUT2D eigenvalue weighted by Gasteiger charge is -2.17. The summed E-state index contributed by atoms with van der Waals surface area (Å²) in [6.45, 7) is 5.81. The number of carbonyl (C=O) groups excluding carboxylic acids is 1. The minimum atomic E-state index is -0.222. The standard InChI is InChI=1S/C8H17NO2/c1-7(10)11-6-4-5-8(2,3)9/h4-6,9H2,1-3H3. The summed E-state index contributed by atoms with van der Waals surface area (Å²) < 4.78 is 4.74. The highest BCUT2D eigenvalue weighted by atomic mass is 16.5. The van der Waals surface area contributed by atoms with E-state index in [-0.39, 0.29) is 11.5 Å². The van der Waals surface area contributed by atoms with Crippen molar-refractivity contribution in [3.05, 3.63) is 0 Å². The molecule has 0 spiro atoms. The second-order valence-electron chi connectivity index (χ2n) is 3.43. The van der Waals surface area contributed by atoms with E-state index in [4.69, 9.17) is 10.5 Å². The van der Waals surface area contributed by atoms with Gasteiger partial charge < -0.3 is 10.5 Å². The van der Waals surface area contributed by atoms with Gasteiger partial charge in [-0.05, 0) is 26.7 Å². The van der Waals surface area contributed by atoms with Crippen molar-refractivity contribution in [1.29, 1.82) is 0 Å². The molecule has 0 radical (unpaired) electrons. The van der Waals surface area contributed by atoms with Gasteiger partial charge in [-0.3, -0.25) is 4.79 Å². The first-order valence-electron chi connectivity index (χ1n) is 3.84. The molecule has 0 aromatic heterocycles. The highest BCUT2D eigenvalue weighted by molar-refractivity contribution is 5.65. The summed E-state index contributed by atoms with van der Waals surface area (Å²) in [5.41, 5.74) is 5.56. The maximum absolute atomic E-state index is 10.3. The van der Waals surface area contributed by atoms with Gasteiger partial charge >= 0.3 is 5.97 Å². The van der Waals surface area contributed by atoms with Crippen LogP contribution in [-0.4, -0.2) is 18.1 Å². The first-order valence-corrected chi connectivity index (χ1v) is 3.84. The Hall–Kier alpha value is -0.570. The lowest BCUT2D eigenvalue weighted by Crippen LogP contribution is -2.31. The van der Waals surface area contributed by atoms with Crippen LogP contribution in [0.25, 0.3) is 0 Å². The second kappa shape index (κ2) is 4.34. The Bertz CT molecular complexity index is 127. The number of ether oxygens (including phenoxy) is 1. The predicted molar refractivity (Wildman–Crippen MR) is 44.1 cm³/mol. The smallest absolute Gasteiger partial charge is 0.302 e. The van der Waals surface area contributed by atoms with Gasteiger partial charge in [0.05, 0.1) is 6.61 Å². The fourth-order valence-corrected chi connectivity index (χ4v) is 0.744. The van der Waals surface area contributed by atoms with E-state index in [2.05, 4.69) is 0 Å². The molecule has 0 atom stereocenters. The van der Waals surface area contributed by atoms with Gasteiger partial charge in [-0.2, -0.15) is 0 Å². The van der Waals surface area contributed by atoms with Crippen LogP contribution in [0.4, 0.5) is 0 Å². The Balaban J connectivity index is 3.22. The summed E-state index contributed by atoms with van der Waals surface area (Å²) in [5.74, 6) is -0.222. The van der Waals surface area contributed by atoms with Gasteiger partial charge in [0.15, 0.2) is 0 Å². The lowest BCUT2D eigenvalue weighted by atomic mass is 10.0. The number of nitrogens with two attached hydrogens (primary N) is 1. The molecule has 11 heavy (non-hydrogen) atoms. The van der Waals surface area contributed by atoms with Gasteiger partial charge in [0.1, 0.15) is 0 Å². The van der Waals surface area contributed by atoms with Crippen LogP contribution in [0, 0.1) is 0 Å². The molecule has 66 valence electrons. The number of esters is 1. The van der Waals surface area contributed by atoms with Crippen molar-refractivity contribution in [2.24, 2.45) is 5.73 Å². The van der Waals surface area contributed by atoms with E-state index < -0.39 is 0 Å². The zero-order chi connectivity index (χ0) is 8.91. The van der Waals surface area contributed by atoms with E-state index in [1.807, 2.05) is 13.8 Å². The first-order chi connectivity index (χ1) is 4.92. The molecule has 0 heterocycles. The number of hydrogen-bond acceptors (Lipinski definition) is 3. The summed E-state index contributed by atoms with van der Waals surface area (Å²) in [6, 6.07) is 0. The monoisotopic (exact) mass is 159 g/mol. The zero-order valence-corrected chi connectivity index (χ0v) is 7.52. The maximum Gasteiger partial charge on any atom is 0.302 e. The topological polar surface area (TPSA) is 52.3 Å². The van der Waals surface area contributed by atoms with Crippen molar-refractivity contribution in [1.82, 2.24) is 0 Å². The molecular weight excluding hydrogens is 142 g/mol. The third kappa shape index (κ3) is 9.43. The van der Waals surface area contributed by atoms with Gasteiger partial charge in [0.25, 0.3) is 0 Å². The van der Waals surface area contributed by atoms with Gasteiger partial charge in [-0.1, -0.05) is 0 Å². The summed E-state index contributed by atoms with van der Waals surface area (Å²) in [7, 11) is 0. The van der Waals surface area contributed by atoms with Crippen LogP contribution in [0.1, 0.15) is 33.6 Å². The largest absolute Gasteiger partial charge is 0.466 e. The summed E-state index contributed by atoms with van der Waals surface area (Å²) in [5, 5.41) is 0. The normalized spacial score (nSPS) is 11.3. The van der Waals surface area contributed by atoms with Crippen molar-refractivity contribution in [3.8, 4) is 0 Å². The van der Waals surface area contributed by atoms with E-state index in [0.717, 1.165) is 12.8 Å². The SMILES string of the molecule is CC(=O)OCCCC(C)(C)N. The molecular formula is C8H17NO2. The van der Waals surface area contributed by atoms with Gasteiger partial charge in [0, 0.05) is 12.5 Å².